The summed E-state index contributed by atoms with van der Waals surface area (Å²) in [7, 11) is 1.64. The molecule has 9 heteroatoms. The highest BCUT2D eigenvalue weighted by molar-refractivity contribution is 5.87. The molecule has 0 radical (unpaired) electrons. The maximum atomic E-state index is 12.5. The van der Waals surface area contributed by atoms with Gasteiger partial charge in [-0.25, -0.2) is 9.97 Å². The Balaban J connectivity index is 1.07. The number of rotatable bonds is 10. The molecule has 0 saturated carbocycles. The lowest BCUT2D eigenvalue weighted by atomic mass is 9.97. The van der Waals surface area contributed by atoms with E-state index in [0.29, 0.717) is 54.5 Å². The van der Waals surface area contributed by atoms with Crippen LogP contribution in [-0.2, 0) is 4.79 Å². The largest absolute Gasteiger partial charge is 0.493 e. The summed E-state index contributed by atoms with van der Waals surface area (Å²) in [6.45, 7) is 7.77. The van der Waals surface area contributed by atoms with E-state index in [4.69, 9.17) is 14.2 Å². The number of likely N-dealkylation sites (tertiary alicyclic amines) is 2. The maximum absolute atomic E-state index is 12.5. The summed E-state index contributed by atoms with van der Waals surface area (Å²) in [5, 5.41) is 1.89. The lowest BCUT2D eigenvalue weighted by Gasteiger charge is -2.31. The van der Waals surface area contributed by atoms with Gasteiger partial charge in [0.25, 0.3) is 0 Å². The Morgan fingerprint density at radius 2 is 1.75 bits per heavy atom. The van der Waals surface area contributed by atoms with Crippen LogP contribution in [-0.4, -0.2) is 83.5 Å². The lowest BCUT2D eigenvalue weighted by molar-refractivity contribution is -0.121. The van der Waals surface area contributed by atoms with Crippen molar-refractivity contribution in [1.29, 1.82) is 0 Å². The molecule has 2 aliphatic rings. The summed E-state index contributed by atoms with van der Waals surface area (Å²) < 4.78 is 18.1. The van der Waals surface area contributed by atoms with Crippen LogP contribution >= 0.6 is 0 Å². The summed E-state index contributed by atoms with van der Waals surface area (Å²) >= 11 is 0. The van der Waals surface area contributed by atoms with Crippen LogP contribution in [0.15, 0.2) is 42.7 Å². The van der Waals surface area contributed by atoms with Gasteiger partial charge < -0.3 is 19.2 Å². The topological polar surface area (TPSA) is 92.8 Å². The number of aromatic nitrogens is 3. The molecule has 0 bridgehead atoms. The van der Waals surface area contributed by atoms with E-state index in [2.05, 4.69) is 30.8 Å². The van der Waals surface area contributed by atoms with Crippen molar-refractivity contribution in [3.63, 3.8) is 0 Å². The first-order valence-electron chi connectivity index (χ1n) is 14.2. The van der Waals surface area contributed by atoms with E-state index < -0.39 is 0 Å². The number of hydrogen-bond acceptors (Lipinski definition) is 8. The second kappa shape index (κ2) is 11.8. The number of aromatic amines is 1. The van der Waals surface area contributed by atoms with Crippen molar-refractivity contribution in [2.45, 2.75) is 32.6 Å². The molecular formula is C31H37N5O4. The highest BCUT2D eigenvalue weighted by Crippen LogP contribution is 2.37. The molecule has 0 unspecified atom stereocenters. The molecule has 2 fully saturated rings. The monoisotopic (exact) mass is 543 g/mol. The van der Waals surface area contributed by atoms with E-state index in [-0.39, 0.29) is 0 Å². The van der Waals surface area contributed by atoms with Gasteiger partial charge in [-0.05, 0) is 94.4 Å². The van der Waals surface area contributed by atoms with Crippen molar-refractivity contribution in [1.82, 2.24) is 24.8 Å². The second-order valence-corrected chi connectivity index (χ2v) is 11.1. The van der Waals surface area contributed by atoms with Gasteiger partial charge in [0.15, 0.2) is 17.3 Å². The summed E-state index contributed by atoms with van der Waals surface area (Å²) in [4.78, 5) is 29.3. The van der Waals surface area contributed by atoms with E-state index in [0.717, 1.165) is 66.5 Å². The quantitative estimate of drug-likeness (QED) is 0.300. The third-order valence-corrected chi connectivity index (χ3v) is 8.01. The number of benzene rings is 2. The fourth-order valence-corrected chi connectivity index (χ4v) is 5.83. The zero-order chi connectivity index (χ0) is 27.5. The Bertz CT molecular complexity index is 1490. The number of nitrogens with zero attached hydrogens (tertiary/aromatic N) is 4. The number of hydrogen-bond donors (Lipinski definition) is 1. The van der Waals surface area contributed by atoms with Gasteiger partial charge in [-0.1, -0.05) is 0 Å². The molecule has 1 N–H and O–H groups in total. The number of aryl methyl sites for hydroxylation is 1. The van der Waals surface area contributed by atoms with Crippen molar-refractivity contribution in [2.75, 3.05) is 53.0 Å². The smallest absolute Gasteiger partial charge is 0.230 e. The molecule has 2 saturated heterocycles. The molecule has 40 heavy (non-hydrogen) atoms. The number of ketones is 1. The van der Waals surface area contributed by atoms with E-state index >= 15 is 0 Å². The average molecular weight is 544 g/mol. The zero-order valence-corrected chi connectivity index (χ0v) is 23.3. The molecule has 2 aliphatic heterocycles. The molecule has 2 aromatic heterocycles. The lowest BCUT2D eigenvalue weighted by Crippen LogP contribution is -2.41. The molecule has 4 aromatic rings. The number of methoxy groups -OCH3 is 1. The molecule has 0 aliphatic carbocycles. The highest BCUT2D eigenvalue weighted by atomic mass is 16.5. The summed E-state index contributed by atoms with van der Waals surface area (Å²) in [5.74, 6) is 3.20. The molecule has 0 amide bonds. The second-order valence-electron chi connectivity index (χ2n) is 11.1. The minimum atomic E-state index is 0.336. The average Bonchev–Trinajstić information content (AvgIpc) is 3.60. The normalized spacial score (nSPS) is 17.1. The number of carbonyl (C=O) groups excluding carboxylic acids is 1. The van der Waals surface area contributed by atoms with Gasteiger partial charge in [0.05, 0.1) is 37.7 Å². The van der Waals surface area contributed by atoms with Gasteiger partial charge in [0, 0.05) is 23.3 Å². The number of piperidine rings is 1. The predicted octanol–water partition coefficient (Wildman–Crippen LogP) is 4.98. The minimum absolute atomic E-state index is 0.336. The molecule has 0 spiro atoms. The fraction of sp³-hybridized carbons (Fsp3) is 0.452. The fourth-order valence-electron chi connectivity index (χ4n) is 5.83. The van der Waals surface area contributed by atoms with Crippen LogP contribution in [0.25, 0.3) is 21.8 Å². The Kier molecular flexibility index (Phi) is 7.84. The Morgan fingerprint density at radius 3 is 2.52 bits per heavy atom. The van der Waals surface area contributed by atoms with Crippen LogP contribution in [0.1, 0.15) is 31.4 Å². The summed E-state index contributed by atoms with van der Waals surface area (Å²) in [6.07, 6.45) is 5.96. The molecule has 2 aromatic carbocycles. The zero-order valence-electron chi connectivity index (χ0n) is 23.3. The van der Waals surface area contributed by atoms with Gasteiger partial charge in [-0.3, -0.25) is 14.6 Å². The first-order valence-corrected chi connectivity index (χ1v) is 14.2. The molecule has 210 valence electrons. The first-order chi connectivity index (χ1) is 19.5. The number of carbonyl (C=O) groups is 1. The standard InChI is InChI=1S/C31H37N5O4/c1-21-13-23-5-6-25(14-27(23)34-21)40-31-26-15-29(38-2)30(16-28(26)32-20-33-31)39-19-22-7-11-36(12-8-22)18-24(37)17-35-9-3-4-10-35/h5-6,13-16,20,22,34H,3-4,7-12,17-19H2,1-2H3. The van der Waals surface area contributed by atoms with Crippen LogP contribution in [0, 0.1) is 12.8 Å². The van der Waals surface area contributed by atoms with Crippen LogP contribution in [0.5, 0.6) is 23.1 Å². The van der Waals surface area contributed by atoms with Crippen molar-refractivity contribution in [3.05, 3.63) is 48.4 Å². The van der Waals surface area contributed by atoms with Crippen molar-refractivity contribution in [2.24, 2.45) is 5.92 Å². The van der Waals surface area contributed by atoms with Gasteiger partial charge in [-0.15, -0.1) is 0 Å². The number of Topliss-reactive ketones (excluding diaryl/α,β-unsaturated/α-hetero) is 1. The highest BCUT2D eigenvalue weighted by Gasteiger charge is 2.23. The van der Waals surface area contributed by atoms with Crippen molar-refractivity contribution >= 4 is 27.6 Å². The molecular weight excluding hydrogens is 506 g/mol. The SMILES string of the molecule is COc1cc2c(Oc3ccc4cc(C)[nH]c4c3)ncnc2cc1OCC1CCN(CC(=O)CN2CCCC2)CC1. The van der Waals surface area contributed by atoms with Crippen molar-refractivity contribution in [3.8, 4) is 23.1 Å². The number of fused-ring (bicyclic) bond motifs is 2. The molecule has 4 heterocycles. The third-order valence-electron chi connectivity index (χ3n) is 8.01. The van der Waals surface area contributed by atoms with Crippen LogP contribution in [0.4, 0.5) is 0 Å². The Morgan fingerprint density at radius 1 is 0.975 bits per heavy atom. The minimum Gasteiger partial charge on any atom is -0.493 e. The predicted molar refractivity (Wildman–Crippen MR) is 155 cm³/mol. The van der Waals surface area contributed by atoms with Gasteiger partial charge >= 0.3 is 0 Å². The van der Waals surface area contributed by atoms with E-state index in [9.17, 15) is 4.79 Å². The first kappa shape index (κ1) is 26.5. The maximum Gasteiger partial charge on any atom is 0.230 e. The van der Waals surface area contributed by atoms with E-state index in [1.165, 1.54) is 19.2 Å². The molecule has 6 rings (SSSR count). The third kappa shape index (κ3) is 6.05. The van der Waals surface area contributed by atoms with Gasteiger partial charge in [-0.2, -0.15) is 0 Å². The van der Waals surface area contributed by atoms with E-state index in [1.54, 1.807) is 7.11 Å². The Hall–Kier alpha value is -3.69. The Labute approximate surface area is 234 Å². The van der Waals surface area contributed by atoms with Gasteiger partial charge in [0.1, 0.15) is 12.1 Å². The van der Waals surface area contributed by atoms with Crippen LogP contribution < -0.4 is 14.2 Å². The van der Waals surface area contributed by atoms with Crippen molar-refractivity contribution < 1.29 is 19.0 Å². The number of nitrogens with one attached hydrogen (secondary N) is 1. The van der Waals surface area contributed by atoms with Crippen LogP contribution in [0.3, 0.4) is 0 Å². The van der Waals surface area contributed by atoms with E-state index in [1.807, 2.05) is 37.3 Å². The molecule has 9 nitrogen and oxygen atoms in total. The number of H-pyrrole nitrogens is 1. The molecule has 0 atom stereocenters. The van der Waals surface area contributed by atoms with Gasteiger partial charge in [0.2, 0.25) is 5.88 Å². The summed E-state index contributed by atoms with van der Waals surface area (Å²) in [6, 6.07) is 11.8. The van der Waals surface area contributed by atoms with Crippen LogP contribution in [0.2, 0.25) is 0 Å². The summed E-state index contributed by atoms with van der Waals surface area (Å²) in [5.41, 5.74) is 2.84. The number of ether oxygens (including phenoxy) is 3.